The van der Waals surface area contributed by atoms with Crippen molar-refractivity contribution >= 4 is 11.6 Å². The fourth-order valence-corrected chi connectivity index (χ4v) is 4.40. The highest BCUT2D eigenvalue weighted by Crippen LogP contribution is 2.38. The van der Waals surface area contributed by atoms with Gasteiger partial charge in [0, 0.05) is 22.4 Å². The van der Waals surface area contributed by atoms with E-state index in [2.05, 4.69) is 28.7 Å². The van der Waals surface area contributed by atoms with E-state index in [1.54, 1.807) is 0 Å². The van der Waals surface area contributed by atoms with E-state index < -0.39 is 0 Å². The molecule has 4 aromatic rings. The Kier molecular flexibility index (Phi) is 5.13. The van der Waals surface area contributed by atoms with Crippen molar-refractivity contribution in [3.8, 4) is 22.6 Å². The first kappa shape index (κ1) is 19.3. The lowest BCUT2D eigenvalue weighted by molar-refractivity contribution is -0.117. The van der Waals surface area contributed by atoms with Gasteiger partial charge in [0.05, 0.1) is 5.92 Å². The second-order valence-electron chi connectivity index (χ2n) is 7.93. The molecule has 0 radical (unpaired) electrons. The summed E-state index contributed by atoms with van der Waals surface area (Å²) in [6.45, 7) is 2.03. The van der Waals surface area contributed by atoms with E-state index in [4.69, 9.17) is 4.52 Å². The number of nitrogens with zero attached hydrogens (tertiary/aromatic N) is 1. The number of nitrogens with one attached hydrogen (secondary N) is 1. The summed E-state index contributed by atoms with van der Waals surface area (Å²) in [6, 6.07) is 26.1. The van der Waals surface area contributed by atoms with Crippen molar-refractivity contribution in [3.63, 3.8) is 0 Å². The summed E-state index contributed by atoms with van der Waals surface area (Å²) < 4.78 is 5.76. The van der Waals surface area contributed by atoms with Crippen LogP contribution >= 0.6 is 0 Å². The Balaban J connectivity index is 1.36. The molecule has 4 nitrogen and oxygen atoms in total. The van der Waals surface area contributed by atoms with Crippen LogP contribution < -0.4 is 5.32 Å². The first-order valence-electron chi connectivity index (χ1n) is 10.8. The van der Waals surface area contributed by atoms with E-state index in [1.807, 2.05) is 67.6 Å². The molecule has 1 heterocycles. The number of fused-ring (bicyclic) bond motifs is 3. The maximum atomic E-state index is 12.8. The van der Waals surface area contributed by atoms with Gasteiger partial charge in [0.2, 0.25) is 5.91 Å². The van der Waals surface area contributed by atoms with Crippen molar-refractivity contribution in [2.45, 2.75) is 32.1 Å². The molecule has 1 aliphatic rings. The van der Waals surface area contributed by atoms with Gasteiger partial charge in [-0.05, 0) is 54.7 Å². The van der Waals surface area contributed by atoms with Crippen LogP contribution in [0, 0.1) is 0 Å². The summed E-state index contributed by atoms with van der Waals surface area (Å²) in [5, 5.41) is 7.42. The van der Waals surface area contributed by atoms with Crippen molar-refractivity contribution in [1.82, 2.24) is 5.16 Å². The molecule has 1 atom stereocenters. The molecular weight excluding hydrogens is 384 g/mol. The molecule has 0 bridgehead atoms. The Hall–Kier alpha value is -3.66. The van der Waals surface area contributed by atoms with Crippen molar-refractivity contribution in [1.29, 1.82) is 0 Å². The zero-order chi connectivity index (χ0) is 21.2. The molecule has 4 heteroatoms. The van der Waals surface area contributed by atoms with E-state index in [0.29, 0.717) is 0 Å². The standard InChI is InChI=1S/C27H24N2O2/c1-2-22(18-8-4-3-5-9-18)27(30)28-21-15-12-20(13-16-21)26-24-17-14-19-10-6-7-11-23(19)25(24)29-31-26/h3-13,15-16,22H,2,14,17H2,1H3,(H,28,30)/t22-/m1/s1. The van der Waals surface area contributed by atoms with E-state index in [9.17, 15) is 4.79 Å². The third-order valence-electron chi connectivity index (χ3n) is 6.05. The van der Waals surface area contributed by atoms with E-state index >= 15 is 0 Å². The lowest BCUT2D eigenvalue weighted by Crippen LogP contribution is -2.20. The van der Waals surface area contributed by atoms with Gasteiger partial charge in [-0.3, -0.25) is 4.79 Å². The number of rotatable bonds is 5. The Bertz CT molecular complexity index is 1210. The molecule has 1 N–H and O–H groups in total. The zero-order valence-electron chi connectivity index (χ0n) is 17.5. The Morgan fingerprint density at radius 2 is 1.71 bits per heavy atom. The number of hydrogen-bond acceptors (Lipinski definition) is 3. The number of carbonyl (C=O) groups is 1. The molecule has 0 unspecified atom stereocenters. The summed E-state index contributed by atoms with van der Waals surface area (Å²) in [5.41, 5.74) is 7.37. The van der Waals surface area contributed by atoms with Crippen LogP contribution in [-0.2, 0) is 17.6 Å². The quantitative estimate of drug-likeness (QED) is 0.425. The molecule has 1 aliphatic carbocycles. The fourth-order valence-electron chi connectivity index (χ4n) is 4.40. The van der Waals surface area contributed by atoms with Crippen LogP contribution in [0.2, 0.25) is 0 Å². The van der Waals surface area contributed by atoms with Gasteiger partial charge in [-0.2, -0.15) is 0 Å². The van der Waals surface area contributed by atoms with Crippen LogP contribution in [0.25, 0.3) is 22.6 Å². The predicted molar refractivity (Wildman–Crippen MR) is 123 cm³/mol. The molecule has 0 saturated heterocycles. The minimum Gasteiger partial charge on any atom is -0.355 e. The fraction of sp³-hybridized carbons (Fsp3) is 0.185. The van der Waals surface area contributed by atoms with Crippen molar-refractivity contribution < 1.29 is 9.32 Å². The largest absolute Gasteiger partial charge is 0.355 e. The summed E-state index contributed by atoms with van der Waals surface area (Å²) in [7, 11) is 0. The van der Waals surface area contributed by atoms with Gasteiger partial charge in [0.25, 0.3) is 0 Å². The van der Waals surface area contributed by atoms with Crippen molar-refractivity contribution in [2.75, 3.05) is 5.32 Å². The van der Waals surface area contributed by atoms with E-state index in [-0.39, 0.29) is 11.8 Å². The predicted octanol–water partition coefficient (Wildman–Crippen LogP) is 6.24. The Morgan fingerprint density at radius 1 is 0.968 bits per heavy atom. The van der Waals surface area contributed by atoms with Crippen LogP contribution in [0.5, 0.6) is 0 Å². The number of aromatic nitrogens is 1. The maximum absolute atomic E-state index is 12.8. The highest BCUT2D eigenvalue weighted by Gasteiger charge is 2.24. The lowest BCUT2D eigenvalue weighted by Gasteiger charge is -2.16. The first-order chi connectivity index (χ1) is 15.2. The van der Waals surface area contributed by atoms with Crippen LogP contribution in [0.1, 0.15) is 36.0 Å². The van der Waals surface area contributed by atoms with Crippen molar-refractivity contribution in [3.05, 3.63) is 95.6 Å². The van der Waals surface area contributed by atoms with Gasteiger partial charge in [-0.15, -0.1) is 0 Å². The molecule has 3 aromatic carbocycles. The number of aryl methyl sites for hydroxylation is 1. The summed E-state index contributed by atoms with van der Waals surface area (Å²) in [6.07, 6.45) is 2.65. The third-order valence-corrected chi connectivity index (χ3v) is 6.05. The monoisotopic (exact) mass is 408 g/mol. The molecule has 5 rings (SSSR count). The molecule has 0 spiro atoms. The van der Waals surface area contributed by atoms with Gasteiger partial charge >= 0.3 is 0 Å². The van der Waals surface area contributed by atoms with Gasteiger partial charge < -0.3 is 9.84 Å². The third kappa shape index (κ3) is 3.66. The lowest BCUT2D eigenvalue weighted by atomic mass is 9.88. The highest BCUT2D eigenvalue weighted by molar-refractivity contribution is 5.96. The average molecular weight is 409 g/mol. The molecule has 31 heavy (non-hydrogen) atoms. The normalized spacial score (nSPS) is 13.2. The molecule has 0 fully saturated rings. The summed E-state index contributed by atoms with van der Waals surface area (Å²) in [5.74, 6) is 0.662. The number of hydrogen-bond donors (Lipinski definition) is 1. The number of benzene rings is 3. The number of anilines is 1. The highest BCUT2D eigenvalue weighted by atomic mass is 16.5. The smallest absolute Gasteiger partial charge is 0.231 e. The molecule has 1 amide bonds. The molecule has 0 saturated carbocycles. The number of carbonyl (C=O) groups excluding carboxylic acids is 1. The Morgan fingerprint density at radius 3 is 2.48 bits per heavy atom. The van der Waals surface area contributed by atoms with Gasteiger partial charge in [-0.1, -0.05) is 66.7 Å². The Labute approximate surface area is 181 Å². The topological polar surface area (TPSA) is 55.1 Å². The molecule has 1 aromatic heterocycles. The van der Waals surface area contributed by atoms with E-state index in [1.165, 1.54) is 5.56 Å². The van der Waals surface area contributed by atoms with E-state index in [0.717, 1.165) is 58.7 Å². The van der Waals surface area contributed by atoms with Gasteiger partial charge in [0.15, 0.2) is 5.76 Å². The number of amides is 1. The maximum Gasteiger partial charge on any atom is 0.231 e. The second-order valence-corrected chi connectivity index (χ2v) is 7.93. The van der Waals surface area contributed by atoms with Gasteiger partial charge in [-0.25, -0.2) is 0 Å². The molecular formula is C27H24N2O2. The molecule has 154 valence electrons. The zero-order valence-corrected chi connectivity index (χ0v) is 17.5. The average Bonchev–Trinajstić information content (AvgIpc) is 3.25. The first-order valence-corrected chi connectivity index (χ1v) is 10.8. The second kappa shape index (κ2) is 8.23. The van der Waals surface area contributed by atoms with Crippen molar-refractivity contribution in [2.24, 2.45) is 0 Å². The molecule has 0 aliphatic heterocycles. The summed E-state index contributed by atoms with van der Waals surface area (Å²) >= 11 is 0. The van der Waals surface area contributed by atoms with Crippen LogP contribution in [-0.4, -0.2) is 11.1 Å². The van der Waals surface area contributed by atoms with Crippen LogP contribution in [0.3, 0.4) is 0 Å². The minimum atomic E-state index is -0.165. The van der Waals surface area contributed by atoms with Gasteiger partial charge in [0.1, 0.15) is 5.69 Å². The summed E-state index contributed by atoms with van der Waals surface area (Å²) in [4.78, 5) is 12.8. The SMILES string of the molecule is CC[C@@H](C(=O)Nc1ccc(-c2onc3c2CCc2ccccc2-3)cc1)c1ccccc1. The van der Waals surface area contributed by atoms with Crippen LogP contribution in [0.15, 0.2) is 83.4 Å². The van der Waals surface area contributed by atoms with Crippen LogP contribution in [0.4, 0.5) is 5.69 Å². The minimum absolute atomic E-state index is 0.00935.